The van der Waals surface area contributed by atoms with Crippen molar-refractivity contribution in [3.63, 3.8) is 0 Å². The molecule has 0 spiro atoms. The van der Waals surface area contributed by atoms with Crippen LogP contribution in [0.5, 0.6) is 5.88 Å². The molecule has 3 heterocycles. The van der Waals surface area contributed by atoms with Gasteiger partial charge < -0.3 is 15.4 Å². The van der Waals surface area contributed by atoms with Gasteiger partial charge in [0.2, 0.25) is 5.88 Å². The molecule has 6 nitrogen and oxygen atoms in total. The fourth-order valence-corrected chi connectivity index (χ4v) is 4.23. The Morgan fingerprint density at radius 1 is 1.25 bits per heavy atom. The second-order valence-corrected chi connectivity index (χ2v) is 8.23. The normalized spacial score (nSPS) is 16.4. The summed E-state index contributed by atoms with van der Waals surface area (Å²) in [5.74, 6) is 1.47. The Bertz CT molecular complexity index is 724. The van der Waals surface area contributed by atoms with Gasteiger partial charge in [-0.15, -0.1) is 11.3 Å². The second kappa shape index (κ2) is 10.4. The first kappa shape index (κ1) is 20.6. The first-order valence-corrected chi connectivity index (χ1v) is 10.9. The minimum atomic E-state index is 0.131. The summed E-state index contributed by atoms with van der Waals surface area (Å²) in [6, 6.07) is 8.71. The van der Waals surface area contributed by atoms with Crippen molar-refractivity contribution < 1.29 is 4.74 Å². The van der Waals surface area contributed by atoms with Crippen molar-refractivity contribution in [3.05, 3.63) is 46.3 Å². The summed E-state index contributed by atoms with van der Waals surface area (Å²) in [5.41, 5.74) is 1.09. The van der Waals surface area contributed by atoms with E-state index in [0.717, 1.165) is 18.1 Å². The summed E-state index contributed by atoms with van der Waals surface area (Å²) in [5, 5.41) is 9.04. The summed E-state index contributed by atoms with van der Waals surface area (Å²) in [7, 11) is 1.81. The van der Waals surface area contributed by atoms with Gasteiger partial charge in [-0.25, -0.2) is 4.98 Å². The van der Waals surface area contributed by atoms with Crippen LogP contribution in [0.1, 0.15) is 43.2 Å². The summed E-state index contributed by atoms with van der Waals surface area (Å²) >= 11 is 1.83. The zero-order valence-electron chi connectivity index (χ0n) is 17.0. The van der Waals surface area contributed by atoms with E-state index in [4.69, 9.17) is 4.74 Å². The molecule has 0 aromatic carbocycles. The highest BCUT2D eigenvalue weighted by Crippen LogP contribution is 2.27. The van der Waals surface area contributed by atoms with Crippen LogP contribution in [0.3, 0.4) is 0 Å². The molecule has 7 heteroatoms. The van der Waals surface area contributed by atoms with Gasteiger partial charge in [-0.3, -0.25) is 9.89 Å². The maximum Gasteiger partial charge on any atom is 0.213 e. The lowest BCUT2D eigenvalue weighted by Crippen LogP contribution is -2.42. The minimum Gasteiger partial charge on any atom is -0.475 e. The van der Waals surface area contributed by atoms with Crippen molar-refractivity contribution in [2.24, 2.45) is 4.99 Å². The molecule has 0 amide bonds. The lowest BCUT2D eigenvalue weighted by Gasteiger charge is -2.27. The number of thiophene rings is 1. The number of hydrogen-bond donors (Lipinski definition) is 2. The van der Waals surface area contributed by atoms with E-state index in [-0.39, 0.29) is 6.10 Å². The molecule has 1 unspecified atom stereocenters. The van der Waals surface area contributed by atoms with Gasteiger partial charge in [0.25, 0.3) is 0 Å². The Labute approximate surface area is 172 Å². The van der Waals surface area contributed by atoms with Crippen molar-refractivity contribution in [1.82, 2.24) is 20.5 Å². The number of pyridine rings is 1. The fourth-order valence-electron chi connectivity index (χ4n) is 3.37. The molecule has 152 valence electrons. The molecule has 1 aliphatic rings. The second-order valence-electron chi connectivity index (χ2n) is 7.25. The van der Waals surface area contributed by atoms with Gasteiger partial charge in [0.15, 0.2) is 5.96 Å². The monoisotopic (exact) mass is 401 g/mol. The molecule has 2 aromatic rings. The van der Waals surface area contributed by atoms with Crippen LogP contribution >= 0.6 is 11.3 Å². The summed E-state index contributed by atoms with van der Waals surface area (Å²) in [4.78, 5) is 12.7. The summed E-state index contributed by atoms with van der Waals surface area (Å²) < 4.78 is 5.59. The van der Waals surface area contributed by atoms with Crippen LogP contribution in [0.4, 0.5) is 0 Å². The molecular formula is C21H31N5OS. The zero-order chi connectivity index (χ0) is 19.8. The third kappa shape index (κ3) is 5.94. The van der Waals surface area contributed by atoms with Crippen molar-refractivity contribution in [2.45, 2.75) is 45.4 Å². The van der Waals surface area contributed by atoms with E-state index in [2.05, 4.69) is 43.0 Å². The lowest BCUT2D eigenvalue weighted by molar-refractivity contribution is 0.232. The van der Waals surface area contributed by atoms with Crippen LogP contribution in [0.15, 0.2) is 40.8 Å². The molecule has 1 fully saturated rings. The van der Waals surface area contributed by atoms with Gasteiger partial charge in [0.05, 0.1) is 12.1 Å². The number of aromatic nitrogens is 1. The zero-order valence-corrected chi connectivity index (χ0v) is 17.8. The highest BCUT2D eigenvalue weighted by molar-refractivity contribution is 7.10. The van der Waals surface area contributed by atoms with Crippen LogP contribution < -0.4 is 15.4 Å². The number of likely N-dealkylation sites (tertiary alicyclic amines) is 1. The third-order valence-electron chi connectivity index (χ3n) is 4.75. The average Bonchev–Trinajstić information content (AvgIpc) is 3.40. The maximum absolute atomic E-state index is 5.59. The highest BCUT2D eigenvalue weighted by atomic mass is 32.1. The Kier molecular flexibility index (Phi) is 7.68. The Morgan fingerprint density at radius 2 is 2.07 bits per heavy atom. The SMILES string of the molecule is CN=C(NCc1ccc(OC(C)C)nc1)NCC(c1cccs1)N1CCCC1. The van der Waals surface area contributed by atoms with Gasteiger partial charge in [0, 0.05) is 37.3 Å². The van der Waals surface area contributed by atoms with Gasteiger partial charge in [-0.2, -0.15) is 0 Å². The van der Waals surface area contributed by atoms with Crippen LogP contribution in [0.25, 0.3) is 0 Å². The number of aliphatic imine (C=N–C) groups is 1. The highest BCUT2D eigenvalue weighted by Gasteiger charge is 2.24. The molecular weight excluding hydrogens is 370 g/mol. The van der Waals surface area contributed by atoms with Crippen molar-refractivity contribution in [3.8, 4) is 5.88 Å². The van der Waals surface area contributed by atoms with Crippen molar-refractivity contribution >= 4 is 17.3 Å². The van der Waals surface area contributed by atoms with E-state index < -0.39 is 0 Å². The van der Waals surface area contributed by atoms with Crippen LogP contribution in [-0.2, 0) is 6.54 Å². The third-order valence-corrected chi connectivity index (χ3v) is 5.73. The van der Waals surface area contributed by atoms with E-state index in [1.807, 2.05) is 50.6 Å². The minimum absolute atomic E-state index is 0.131. The van der Waals surface area contributed by atoms with E-state index in [1.54, 1.807) is 0 Å². The van der Waals surface area contributed by atoms with Gasteiger partial charge in [0.1, 0.15) is 0 Å². The summed E-state index contributed by atoms with van der Waals surface area (Å²) in [6.45, 7) is 7.86. The Hall–Kier alpha value is -2.12. The number of guanidine groups is 1. The maximum atomic E-state index is 5.59. The number of ether oxygens (including phenoxy) is 1. The molecule has 0 aliphatic carbocycles. The summed E-state index contributed by atoms with van der Waals surface area (Å²) in [6.07, 6.45) is 4.55. The number of rotatable bonds is 8. The standard InChI is InChI=1S/C21H31N5OS/c1-16(2)27-20-9-8-17(13-23-20)14-24-21(22-3)25-15-18(19-7-6-12-28-19)26-10-4-5-11-26/h6-9,12-13,16,18H,4-5,10-11,14-15H2,1-3H3,(H2,22,24,25). The molecule has 28 heavy (non-hydrogen) atoms. The van der Waals surface area contributed by atoms with Gasteiger partial charge in [-0.1, -0.05) is 12.1 Å². The molecule has 1 aliphatic heterocycles. The average molecular weight is 402 g/mol. The van der Waals surface area contributed by atoms with E-state index in [0.29, 0.717) is 18.5 Å². The van der Waals surface area contributed by atoms with E-state index in [1.165, 1.54) is 30.8 Å². The quantitative estimate of drug-likeness (QED) is 0.524. The Balaban J connectivity index is 1.52. The topological polar surface area (TPSA) is 61.8 Å². The first-order valence-electron chi connectivity index (χ1n) is 9.99. The molecule has 0 bridgehead atoms. The number of nitrogens with one attached hydrogen (secondary N) is 2. The van der Waals surface area contributed by atoms with Gasteiger partial charge >= 0.3 is 0 Å². The van der Waals surface area contributed by atoms with Crippen LogP contribution in [-0.4, -0.2) is 48.6 Å². The predicted molar refractivity (Wildman–Crippen MR) is 116 cm³/mol. The van der Waals surface area contributed by atoms with Gasteiger partial charge in [-0.05, 0) is 56.8 Å². The molecule has 1 atom stereocenters. The largest absolute Gasteiger partial charge is 0.475 e. The first-order chi connectivity index (χ1) is 13.7. The molecule has 3 rings (SSSR count). The smallest absolute Gasteiger partial charge is 0.213 e. The molecule has 2 aromatic heterocycles. The molecule has 2 N–H and O–H groups in total. The van der Waals surface area contributed by atoms with Crippen molar-refractivity contribution in [1.29, 1.82) is 0 Å². The lowest BCUT2D eigenvalue weighted by atomic mass is 10.2. The molecule has 0 saturated carbocycles. The predicted octanol–water partition coefficient (Wildman–Crippen LogP) is 3.43. The van der Waals surface area contributed by atoms with E-state index >= 15 is 0 Å². The van der Waals surface area contributed by atoms with Crippen molar-refractivity contribution in [2.75, 3.05) is 26.7 Å². The van der Waals surface area contributed by atoms with Crippen LogP contribution in [0.2, 0.25) is 0 Å². The number of hydrogen-bond acceptors (Lipinski definition) is 5. The molecule has 0 radical (unpaired) electrons. The number of nitrogens with zero attached hydrogens (tertiary/aromatic N) is 3. The van der Waals surface area contributed by atoms with Crippen LogP contribution in [0, 0.1) is 0 Å². The van der Waals surface area contributed by atoms with E-state index in [9.17, 15) is 0 Å². The molecule has 1 saturated heterocycles. The fraction of sp³-hybridized carbons (Fsp3) is 0.524. The Morgan fingerprint density at radius 3 is 2.68 bits per heavy atom.